The number of aryl methyl sites for hydroxylation is 1. The lowest BCUT2D eigenvalue weighted by molar-refractivity contribution is 0.0697. The van der Waals surface area contributed by atoms with Gasteiger partial charge >= 0.3 is 5.97 Å². The van der Waals surface area contributed by atoms with Crippen molar-refractivity contribution in [1.29, 1.82) is 0 Å². The Morgan fingerprint density at radius 2 is 1.95 bits per heavy atom. The molecule has 3 N–H and O–H groups in total. The van der Waals surface area contributed by atoms with Gasteiger partial charge in [-0.15, -0.1) is 0 Å². The van der Waals surface area contributed by atoms with Gasteiger partial charge in [0.2, 0.25) is 5.91 Å². The summed E-state index contributed by atoms with van der Waals surface area (Å²) < 4.78 is 5.24. The number of amides is 1. The fraction of sp³-hybridized carbons (Fsp3) is 0.133. The molecule has 6 nitrogen and oxygen atoms in total. The van der Waals surface area contributed by atoms with Crippen molar-refractivity contribution in [3.63, 3.8) is 0 Å². The Morgan fingerprint density at radius 1 is 1.24 bits per heavy atom. The normalized spacial score (nSPS) is 10.2. The number of ether oxygens (including phenoxy) is 1. The monoisotopic (exact) mass is 286 g/mol. The molecule has 1 amide bonds. The first-order chi connectivity index (χ1) is 9.93. The number of carboxylic acid groups (broad SMARTS) is 1. The zero-order chi connectivity index (χ0) is 15.6. The van der Waals surface area contributed by atoms with Crippen LogP contribution in [0.3, 0.4) is 0 Å². The topological polar surface area (TPSA) is 103 Å². The minimum Gasteiger partial charge on any atom is -0.496 e. The van der Waals surface area contributed by atoms with Crippen molar-refractivity contribution in [2.75, 3.05) is 7.11 Å². The van der Waals surface area contributed by atoms with E-state index in [9.17, 15) is 14.7 Å². The molecular formula is C15H14N2O4. The van der Waals surface area contributed by atoms with Crippen LogP contribution in [0.1, 0.15) is 26.4 Å². The van der Waals surface area contributed by atoms with Crippen LogP contribution in [0.5, 0.6) is 5.75 Å². The van der Waals surface area contributed by atoms with Crippen LogP contribution >= 0.6 is 0 Å². The predicted molar refractivity (Wildman–Crippen MR) is 76.4 cm³/mol. The van der Waals surface area contributed by atoms with Crippen molar-refractivity contribution in [2.24, 2.45) is 5.73 Å². The summed E-state index contributed by atoms with van der Waals surface area (Å²) in [5.74, 6) is -1.25. The molecule has 0 aliphatic rings. The van der Waals surface area contributed by atoms with E-state index in [4.69, 9.17) is 10.5 Å². The standard InChI is InChI=1S/C15H14N2O4/c1-8-5-10(12(7-17-8)15(19)20)11-6-9(14(16)18)3-4-13(11)21-2/h3-7H,1-2H3,(H2,16,18)(H,19,20). The first-order valence-corrected chi connectivity index (χ1v) is 6.12. The molecule has 21 heavy (non-hydrogen) atoms. The number of hydrogen-bond acceptors (Lipinski definition) is 4. The van der Waals surface area contributed by atoms with Crippen LogP contribution in [0, 0.1) is 6.92 Å². The van der Waals surface area contributed by atoms with E-state index in [-0.39, 0.29) is 11.1 Å². The molecule has 0 radical (unpaired) electrons. The summed E-state index contributed by atoms with van der Waals surface area (Å²) in [6.07, 6.45) is 1.28. The lowest BCUT2D eigenvalue weighted by Gasteiger charge is -2.12. The molecule has 0 saturated carbocycles. The average Bonchev–Trinajstić information content (AvgIpc) is 2.46. The number of methoxy groups -OCH3 is 1. The third kappa shape index (κ3) is 2.84. The molecule has 0 unspecified atom stereocenters. The Bertz CT molecular complexity index is 726. The number of nitrogens with two attached hydrogens (primary N) is 1. The maximum Gasteiger partial charge on any atom is 0.337 e. The SMILES string of the molecule is COc1ccc(C(N)=O)cc1-c1cc(C)ncc1C(=O)O. The second kappa shape index (κ2) is 5.62. The van der Waals surface area contributed by atoms with Gasteiger partial charge < -0.3 is 15.6 Å². The lowest BCUT2D eigenvalue weighted by atomic mass is 9.97. The molecule has 108 valence electrons. The minimum atomic E-state index is -1.11. The van der Waals surface area contributed by atoms with E-state index in [0.717, 1.165) is 0 Å². The molecule has 6 heteroatoms. The van der Waals surface area contributed by atoms with Crippen LogP contribution in [0.4, 0.5) is 0 Å². The van der Waals surface area contributed by atoms with Crippen molar-refractivity contribution in [2.45, 2.75) is 6.92 Å². The van der Waals surface area contributed by atoms with Gasteiger partial charge in [-0.25, -0.2) is 4.79 Å². The van der Waals surface area contributed by atoms with Crippen LogP contribution in [0.15, 0.2) is 30.5 Å². The fourth-order valence-electron chi connectivity index (χ4n) is 2.02. The summed E-state index contributed by atoms with van der Waals surface area (Å²) in [5, 5.41) is 9.29. The zero-order valence-corrected chi connectivity index (χ0v) is 11.6. The number of hydrogen-bond donors (Lipinski definition) is 2. The average molecular weight is 286 g/mol. The first kappa shape index (κ1) is 14.5. The van der Waals surface area contributed by atoms with Crippen molar-refractivity contribution in [3.05, 3.63) is 47.3 Å². The summed E-state index contributed by atoms with van der Waals surface area (Å²) >= 11 is 0. The second-order valence-corrected chi connectivity index (χ2v) is 4.46. The van der Waals surface area contributed by atoms with E-state index in [1.807, 2.05) is 0 Å². The Morgan fingerprint density at radius 3 is 2.52 bits per heavy atom. The summed E-state index contributed by atoms with van der Waals surface area (Å²) in [5.41, 5.74) is 7.14. The Kier molecular flexibility index (Phi) is 3.89. The van der Waals surface area contributed by atoms with Crippen LogP contribution in [-0.2, 0) is 0 Å². The van der Waals surface area contributed by atoms with Crippen molar-refractivity contribution >= 4 is 11.9 Å². The molecule has 0 aliphatic carbocycles. The molecule has 2 rings (SSSR count). The van der Waals surface area contributed by atoms with E-state index >= 15 is 0 Å². The number of pyridine rings is 1. The lowest BCUT2D eigenvalue weighted by Crippen LogP contribution is -2.11. The molecule has 0 atom stereocenters. The maximum absolute atomic E-state index is 11.4. The van der Waals surface area contributed by atoms with Gasteiger partial charge in [0.25, 0.3) is 0 Å². The molecule has 2 aromatic rings. The van der Waals surface area contributed by atoms with Gasteiger partial charge in [0.15, 0.2) is 0 Å². The second-order valence-electron chi connectivity index (χ2n) is 4.46. The first-order valence-electron chi connectivity index (χ1n) is 6.12. The number of carboxylic acids is 1. The quantitative estimate of drug-likeness (QED) is 0.893. The highest BCUT2D eigenvalue weighted by molar-refractivity contribution is 5.99. The van der Waals surface area contributed by atoms with Crippen molar-refractivity contribution < 1.29 is 19.4 Å². The molecule has 0 spiro atoms. The molecule has 0 bridgehead atoms. The van der Waals surface area contributed by atoms with Crippen LogP contribution in [0.25, 0.3) is 11.1 Å². The van der Waals surface area contributed by atoms with E-state index in [2.05, 4.69) is 4.98 Å². The number of nitrogens with zero attached hydrogens (tertiary/aromatic N) is 1. The van der Waals surface area contributed by atoms with Gasteiger partial charge in [0, 0.05) is 28.6 Å². The fourth-order valence-corrected chi connectivity index (χ4v) is 2.02. The van der Waals surface area contributed by atoms with E-state index in [1.54, 1.807) is 19.1 Å². The predicted octanol–water partition coefficient (Wildman–Crippen LogP) is 1.86. The van der Waals surface area contributed by atoms with Gasteiger partial charge in [-0.3, -0.25) is 9.78 Å². The smallest absolute Gasteiger partial charge is 0.337 e. The number of primary amides is 1. The highest BCUT2D eigenvalue weighted by Crippen LogP contribution is 2.33. The number of carbonyl (C=O) groups is 2. The molecular weight excluding hydrogens is 272 g/mol. The van der Waals surface area contributed by atoms with E-state index in [0.29, 0.717) is 22.6 Å². The van der Waals surface area contributed by atoms with Crippen LogP contribution in [0.2, 0.25) is 0 Å². The molecule has 1 aromatic heterocycles. The highest BCUT2D eigenvalue weighted by Gasteiger charge is 2.17. The van der Waals surface area contributed by atoms with Gasteiger partial charge in [0.1, 0.15) is 5.75 Å². The maximum atomic E-state index is 11.4. The Labute approximate surface area is 121 Å². The van der Waals surface area contributed by atoms with Gasteiger partial charge in [-0.1, -0.05) is 0 Å². The van der Waals surface area contributed by atoms with Gasteiger partial charge in [0.05, 0.1) is 12.7 Å². The molecule has 1 aromatic carbocycles. The number of carbonyl (C=O) groups excluding carboxylic acids is 1. The van der Waals surface area contributed by atoms with Crippen molar-refractivity contribution in [3.8, 4) is 16.9 Å². The number of aromatic nitrogens is 1. The zero-order valence-electron chi connectivity index (χ0n) is 11.6. The largest absolute Gasteiger partial charge is 0.496 e. The number of aromatic carboxylic acids is 1. The number of benzene rings is 1. The van der Waals surface area contributed by atoms with E-state index < -0.39 is 11.9 Å². The summed E-state index contributed by atoms with van der Waals surface area (Å²) in [4.78, 5) is 26.7. The molecule has 0 aliphatic heterocycles. The molecule has 1 heterocycles. The van der Waals surface area contributed by atoms with Gasteiger partial charge in [-0.05, 0) is 31.2 Å². The van der Waals surface area contributed by atoms with E-state index in [1.165, 1.54) is 25.4 Å². The van der Waals surface area contributed by atoms with Crippen molar-refractivity contribution in [1.82, 2.24) is 4.98 Å². The third-order valence-corrected chi connectivity index (χ3v) is 3.05. The minimum absolute atomic E-state index is 0.0283. The van der Waals surface area contributed by atoms with Crippen LogP contribution < -0.4 is 10.5 Å². The van der Waals surface area contributed by atoms with Crippen LogP contribution in [-0.4, -0.2) is 29.1 Å². The summed E-state index contributed by atoms with van der Waals surface area (Å²) in [6, 6.07) is 6.25. The Hall–Kier alpha value is -2.89. The molecule has 0 fully saturated rings. The Balaban J connectivity index is 2.75. The molecule has 0 saturated heterocycles. The summed E-state index contributed by atoms with van der Waals surface area (Å²) in [7, 11) is 1.47. The highest BCUT2D eigenvalue weighted by atomic mass is 16.5. The van der Waals surface area contributed by atoms with Gasteiger partial charge in [-0.2, -0.15) is 0 Å². The third-order valence-electron chi connectivity index (χ3n) is 3.05. The number of rotatable bonds is 4. The summed E-state index contributed by atoms with van der Waals surface area (Å²) in [6.45, 7) is 1.75.